The van der Waals surface area contributed by atoms with Crippen molar-refractivity contribution in [2.24, 2.45) is 0 Å². The van der Waals surface area contributed by atoms with Crippen LogP contribution < -0.4 is 21.3 Å². The Morgan fingerprint density at radius 1 is 1.05 bits per heavy atom. The van der Waals surface area contributed by atoms with Crippen molar-refractivity contribution in [3.8, 4) is 0 Å². The Hall–Kier alpha value is -2.78. The van der Waals surface area contributed by atoms with Gasteiger partial charge in [-0.15, -0.1) is 0 Å². The first kappa shape index (κ1) is 30.2. The molecule has 3 atom stereocenters. The molecule has 3 fully saturated rings. The second-order valence-electron chi connectivity index (χ2n) is 10.0. The van der Waals surface area contributed by atoms with E-state index in [2.05, 4.69) is 21.3 Å². The number of hydrogen-bond donors (Lipinski definition) is 4. The van der Waals surface area contributed by atoms with Crippen LogP contribution in [0.5, 0.6) is 0 Å². The molecule has 4 N–H and O–H groups in total. The van der Waals surface area contributed by atoms with Crippen molar-refractivity contribution in [2.75, 3.05) is 44.4 Å². The molecule has 40 heavy (non-hydrogen) atoms. The predicted molar refractivity (Wildman–Crippen MR) is 147 cm³/mol. The van der Waals surface area contributed by atoms with Crippen molar-refractivity contribution in [3.05, 3.63) is 12.2 Å². The van der Waals surface area contributed by atoms with Gasteiger partial charge in [-0.1, -0.05) is 27.7 Å². The highest BCUT2D eigenvalue weighted by atomic mass is 33.1. The third kappa shape index (κ3) is 8.61. The van der Waals surface area contributed by atoms with Crippen LogP contribution in [-0.2, 0) is 38.2 Å². The molecule has 13 nitrogen and oxygen atoms in total. The van der Waals surface area contributed by atoms with Crippen LogP contribution in [-0.4, -0.2) is 108 Å². The summed E-state index contributed by atoms with van der Waals surface area (Å²) >= 11 is 0. The quantitative estimate of drug-likeness (QED) is 0.180. The molecule has 1 saturated carbocycles. The van der Waals surface area contributed by atoms with Gasteiger partial charge in [-0.05, 0) is 31.8 Å². The summed E-state index contributed by atoms with van der Waals surface area (Å²) in [5.74, 6) is -2.21. The van der Waals surface area contributed by atoms with E-state index >= 15 is 0 Å². The summed E-state index contributed by atoms with van der Waals surface area (Å²) in [6.07, 6.45) is 3.69. The molecule has 0 unspecified atom stereocenters. The Kier molecular flexibility index (Phi) is 10.7. The van der Waals surface area contributed by atoms with Gasteiger partial charge in [-0.3, -0.25) is 28.8 Å². The lowest BCUT2D eigenvalue weighted by atomic mass is 10.1. The maximum atomic E-state index is 13.4. The molecule has 2 saturated heterocycles. The van der Waals surface area contributed by atoms with E-state index < -0.39 is 59.9 Å². The average Bonchev–Trinajstić information content (AvgIpc) is 3.72. The summed E-state index contributed by atoms with van der Waals surface area (Å²) in [7, 11) is 2.91. The summed E-state index contributed by atoms with van der Waals surface area (Å²) in [5.41, 5.74) is -1.15. The van der Waals surface area contributed by atoms with Gasteiger partial charge in [0.1, 0.15) is 30.3 Å². The van der Waals surface area contributed by atoms with Crippen molar-refractivity contribution in [1.29, 1.82) is 0 Å². The molecule has 220 valence electrons. The van der Waals surface area contributed by atoms with Gasteiger partial charge < -0.3 is 35.6 Å². The number of allylic oxidation sites excluding steroid dienone is 1. The molecule has 15 heteroatoms. The Morgan fingerprint density at radius 2 is 1.82 bits per heavy atom. The van der Waals surface area contributed by atoms with Crippen LogP contribution >= 0.6 is 21.6 Å². The topological polar surface area (TPSA) is 172 Å². The number of fused-ring (bicyclic) bond motifs is 7. The lowest BCUT2D eigenvalue weighted by Gasteiger charge is -2.28. The fourth-order valence-electron chi connectivity index (χ4n) is 4.48. The molecule has 1 aliphatic carbocycles. The van der Waals surface area contributed by atoms with Gasteiger partial charge in [0.05, 0.1) is 19.6 Å². The van der Waals surface area contributed by atoms with Gasteiger partial charge in [0, 0.05) is 31.0 Å². The highest BCUT2D eigenvalue weighted by Gasteiger charge is 2.52. The monoisotopic (exact) mass is 597 g/mol. The van der Waals surface area contributed by atoms with Crippen LogP contribution in [0.15, 0.2) is 12.2 Å². The normalized spacial score (nSPS) is 28.4. The first-order chi connectivity index (χ1) is 19.3. The number of nitrogens with one attached hydrogen (secondary N) is 4. The fourth-order valence-corrected chi connectivity index (χ4v) is 6.63. The number of esters is 1. The third-order valence-corrected chi connectivity index (χ3v) is 9.39. The minimum atomic E-state index is -1.15. The Labute approximate surface area is 240 Å². The number of nitrogens with zero attached hydrogens (tertiary/aromatic N) is 1. The van der Waals surface area contributed by atoms with Gasteiger partial charge in [0.2, 0.25) is 29.5 Å². The van der Waals surface area contributed by atoms with E-state index in [9.17, 15) is 28.8 Å². The van der Waals surface area contributed by atoms with Gasteiger partial charge in [0.25, 0.3) is 0 Å². The van der Waals surface area contributed by atoms with E-state index in [0.29, 0.717) is 51.3 Å². The highest BCUT2D eigenvalue weighted by molar-refractivity contribution is 8.76. The predicted octanol–water partition coefficient (Wildman–Crippen LogP) is -0.983. The number of ether oxygens (including phenoxy) is 2. The van der Waals surface area contributed by atoms with Crippen molar-refractivity contribution in [1.82, 2.24) is 26.2 Å². The highest BCUT2D eigenvalue weighted by Crippen LogP contribution is 2.36. The number of morpholine rings is 1. The zero-order valence-corrected chi connectivity index (χ0v) is 23.7. The van der Waals surface area contributed by atoms with Crippen molar-refractivity contribution >= 4 is 57.1 Å². The summed E-state index contributed by atoms with van der Waals surface area (Å²) in [6, 6.07) is -2.10. The SMILES string of the molecule is O=C1C[C@H]2C=CCCSSC[C@@H](NC(=O)[C@@H](CCC(=O)N3CCOCC3)N1)C(=O)NC1(CC1)C(=O)NCC(=O)O2. The number of carbonyl (C=O) groups excluding carboxylic acids is 6. The second-order valence-corrected chi connectivity index (χ2v) is 12.7. The molecule has 0 aromatic heterocycles. The lowest BCUT2D eigenvalue weighted by molar-refractivity contribution is -0.148. The van der Waals surface area contributed by atoms with E-state index in [1.54, 1.807) is 17.1 Å². The smallest absolute Gasteiger partial charge is 0.326 e. The summed E-state index contributed by atoms with van der Waals surface area (Å²) < 4.78 is 10.7. The molecule has 0 aromatic carbocycles. The van der Waals surface area contributed by atoms with Crippen LogP contribution in [0.3, 0.4) is 0 Å². The molecule has 0 aromatic rings. The minimum absolute atomic E-state index is 0.00142. The minimum Gasteiger partial charge on any atom is -0.456 e. The van der Waals surface area contributed by atoms with Crippen LogP contribution in [0.25, 0.3) is 0 Å². The number of rotatable bonds is 3. The zero-order chi connectivity index (χ0) is 28.5. The standard InChI is InChI=1S/C25H35N5O8S2/c31-19-13-16-3-1-2-12-39-40-15-18(23(35)29-25(6-7-25)24(36)26-14-21(33)38-16)28-22(34)17(27-19)4-5-20(32)30-8-10-37-11-9-30/h1,3,16-18H,2,4-15H2,(H,26,36)(H,27,31)(H,28,34)(H,29,35)/t16-,17-,18-/m1/s1. The molecular formula is C25H35N5O8S2. The molecule has 1 spiro atoms. The number of hydrogen-bond acceptors (Lipinski definition) is 10. The second kappa shape index (κ2) is 14.2. The Bertz CT molecular complexity index is 1030. The fraction of sp³-hybridized carbons (Fsp3) is 0.680. The molecule has 2 bridgehead atoms. The third-order valence-electron chi connectivity index (χ3n) is 6.94. The van der Waals surface area contributed by atoms with Crippen molar-refractivity contribution in [3.63, 3.8) is 0 Å². The zero-order valence-electron chi connectivity index (χ0n) is 22.1. The number of carbonyl (C=O) groups is 6. The van der Waals surface area contributed by atoms with Gasteiger partial charge >= 0.3 is 5.97 Å². The van der Waals surface area contributed by atoms with Gasteiger partial charge in [-0.25, -0.2) is 0 Å². The van der Waals surface area contributed by atoms with Crippen molar-refractivity contribution in [2.45, 2.75) is 62.3 Å². The molecule has 3 heterocycles. The molecule has 5 amide bonds. The van der Waals surface area contributed by atoms with Crippen LogP contribution in [0.1, 0.15) is 38.5 Å². The Balaban J connectivity index is 1.57. The maximum absolute atomic E-state index is 13.4. The lowest BCUT2D eigenvalue weighted by Crippen LogP contribution is -2.59. The van der Waals surface area contributed by atoms with Crippen LogP contribution in [0.4, 0.5) is 0 Å². The number of amides is 5. The molecular weight excluding hydrogens is 562 g/mol. The Morgan fingerprint density at radius 3 is 2.58 bits per heavy atom. The van der Waals surface area contributed by atoms with E-state index in [1.165, 1.54) is 21.6 Å². The molecule has 3 aliphatic heterocycles. The van der Waals surface area contributed by atoms with E-state index in [1.807, 2.05) is 0 Å². The average molecular weight is 598 g/mol. The summed E-state index contributed by atoms with van der Waals surface area (Å²) in [4.78, 5) is 79.5. The van der Waals surface area contributed by atoms with E-state index in [-0.39, 0.29) is 30.9 Å². The summed E-state index contributed by atoms with van der Waals surface area (Å²) in [5, 5.41) is 10.7. The van der Waals surface area contributed by atoms with Crippen LogP contribution in [0, 0.1) is 0 Å². The van der Waals surface area contributed by atoms with Gasteiger partial charge in [0.15, 0.2) is 0 Å². The first-order valence-electron chi connectivity index (χ1n) is 13.4. The maximum Gasteiger partial charge on any atom is 0.326 e. The van der Waals surface area contributed by atoms with E-state index in [0.717, 1.165) is 0 Å². The first-order valence-corrected chi connectivity index (χ1v) is 15.9. The van der Waals surface area contributed by atoms with Crippen LogP contribution in [0.2, 0.25) is 0 Å². The largest absolute Gasteiger partial charge is 0.456 e. The summed E-state index contributed by atoms with van der Waals surface area (Å²) in [6.45, 7) is 1.36. The molecule has 4 rings (SSSR count). The molecule has 4 aliphatic rings. The van der Waals surface area contributed by atoms with Gasteiger partial charge in [-0.2, -0.15) is 0 Å². The van der Waals surface area contributed by atoms with E-state index in [4.69, 9.17) is 9.47 Å². The van der Waals surface area contributed by atoms with Crippen molar-refractivity contribution < 1.29 is 38.2 Å². The molecule has 0 radical (unpaired) electrons.